The molecule has 2 aromatic rings. The summed E-state index contributed by atoms with van der Waals surface area (Å²) in [5.74, 6) is 0.780. The maximum absolute atomic E-state index is 3.64. The van der Waals surface area contributed by atoms with Crippen LogP contribution in [0.15, 0.2) is 30.5 Å². The van der Waals surface area contributed by atoms with Crippen LogP contribution in [-0.2, 0) is 6.54 Å². The van der Waals surface area contributed by atoms with E-state index in [9.17, 15) is 0 Å². The molecule has 19 heavy (non-hydrogen) atoms. The average Bonchev–Trinajstić information content (AvgIpc) is 2.75. The summed E-state index contributed by atoms with van der Waals surface area (Å²) in [5, 5.41) is 4.93. The fraction of sp³-hybridized carbons (Fsp3) is 0.529. The first-order valence-electron chi connectivity index (χ1n) is 7.20. The zero-order valence-electron chi connectivity index (χ0n) is 12.4. The quantitative estimate of drug-likeness (QED) is 0.852. The third-order valence-electron chi connectivity index (χ3n) is 5.66. The first kappa shape index (κ1) is 12.7. The Kier molecular flexibility index (Phi) is 2.75. The molecule has 1 aliphatic carbocycles. The number of hydrogen-bond donors (Lipinski definition) is 2. The van der Waals surface area contributed by atoms with Crippen LogP contribution < -0.4 is 5.32 Å². The van der Waals surface area contributed by atoms with E-state index in [0.717, 1.165) is 19.0 Å². The second-order valence-electron chi connectivity index (χ2n) is 6.99. The third kappa shape index (κ3) is 1.90. The van der Waals surface area contributed by atoms with Crippen LogP contribution >= 0.6 is 0 Å². The van der Waals surface area contributed by atoms with Crippen LogP contribution in [-0.4, -0.2) is 11.5 Å². The van der Waals surface area contributed by atoms with Gasteiger partial charge in [0.05, 0.1) is 0 Å². The molecule has 2 nitrogen and oxygen atoms in total. The molecule has 1 aliphatic rings. The highest BCUT2D eigenvalue weighted by Gasteiger charge is 2.63. The van der Waals surface area contributed by atoms with Gasteiger partial charge in [0, 0.05) is 18.3 Å². The van der Waals surface area contributed by atoms with Crippen LogP contribution in [0.5, 0.6) is 0 Å². The highest BCUT2D eigenvalue weighted by atomic mass is 14.9. The van der Waals surface area contributed by atoms with Crippen molar-refractivity contribution in [3.63, 3.8) is 0 Å². The standard InChI is InChI=1S/C17H24N2/c1-16(2)14(17(16,3)4)11-18-10-13-7-5-6-12-8-9-19-15(12)13/h5-9,14,18-19H,10-11H2,1-4H3. The van der Waals surface area contributed by atoms with Gasteiger partial charge in [-0.15, -0.1) is 0 Å². The topological polar surface area (TPSA) is 27.8 Å². The van der Waals surface area contributed by atoms with Crippen molar-refractivity contribution >= 4 is 10.9 Å². The first-order valence-corrected chi connectivity index (χ1v) is 7.20. The molecule has 1 saturated carbocycles. The van der Waals surface area contributed by atoms with E-state index in [4.69, 9.17) is 0 Å². The van der Waals surface area contributed by atoms with Gasteiger partial charge in [-0.3, -0.25) is 0 Å². The molecule has 1 aromatic heterocycles. The van der Waals surface area contributed by atoms with Gasteiger partial charge < -0.3 is 10.3 Å². The van der Waals surface area contributed by atoms with E-state index in [0.29, 0.717) is 10.8 Å². The van der Waals surface area contributed by atoms with Gasteiger partial charge in [0.25, 0.3) is 0 Å². The van der Waals surface area contributed by atoms with E-state index in [1.807, 2.05) is 6.20 Å². The Labute approximate surface area is 115 Å². The fourth-order valence-electron chi connectivity index (χ4n) is 3.49. The predicted molar refractivity (Wildman–Crippen MR) is 81.1 cm³/mol. The maximum Gasteiger partial charge on any atom is 0.0499 e. The van der Waals surface area contributed by atoms with Crippen molar-refractivity contribution in [1.29, 1.82) is 0 Å². The largest absolute Gasteiger partial charge is 0.361 e. The Morgan fingerprint density at radius 2 is 1.84 bits per heavy atom. The number of aromatic amines is 1. The van der Waals surface area contributed by atoms with Crippen molar-refractivity contribution in [2.75, 3.05) is 6.54 Å². The van der Waals surface area contributed by atoms with Crippen molar-refractivity contribution in [2.24, 2.45) is 16.7 Å². The Balaban J connectivity index is 1.64. The molecule has 0 aliphatic heterocycles. The molecule has 0 radical (unpaired) electrons. The summed E-state index contributed by atoms with van der Waals surface area (Å²) < 4.78 is 0. The molecule has 1 heterocycles. The van der Waals surface area contributed by atoms with Gasteiger partial charge in [0.15, 0.2) is 0 Å². The van der Waals surface area contributed by atoms with Crippen LogP contribution in [0.4, 0.5) is 0 Å². The molecule has 3 rings (SSSR count). The lowest BCUT2D eigenvalue weighted by Gasteiger charge is -2.07. The number of fused-ring (bicyclic) bond motifs is 1. The predicted octanol–water partition coefficient (Wildman–Crippen LogP) is 3.94. The van der Waals surface area contributed by atoms with Crippen molar-refractivity contribution in [3.8, 4) is 0 Å². The minimum absolute atomic E-state index is 0.471. The summed E-state index contributed by atoms with van der Waals surface area (Å²) in [6.07, 6.45) is 2.02. The highest BCUT2D eigenvalue weighted by Crippen LogP contribution is 2.67. The molecule has 102 valence electrons. The molecule has 1 fully saturated rings. The molecule has 1 aromatic carbocycles. The van der Waals surface area contributed by atoms with Crippen molar-refractivity contribution in [3.05, 3.63) is 36.0 Å². The Bertz CT molecular complexity index is 578. The van der Waals surface area contributed by atoms with Gasteiger partial charge in [0.2, 0.25) is 0 Å². The number of H-pyrrole nitrogens is 1. The van der Waals surface area contributed by atoms with E-state index in [2.05, 4.69) is 62.3 Å². The third-order valence-corrected chi connectivity index (χ3v) is 5.66. The summed E-state index contributed by atoms with van der Waals surface area (Å²) in [5.41, 5.74) is 3.57. The number of benzene rings is 1. The minimum atomic E-state index is 0.471. The monoisotopic (exact) mass is 256 g/mol. The molecule has 0 unspecified atom stereocenters. The number of hydrogen-bond acceptors (Lipinski definition) is 1. The van der Waals surface area contributed by atoms with E-state index < -0.39 is 0 Å². The zero-order chi connectivity index (χ0) is 13.7. The smallest absolute Gasteiger partial charge is 0.0499 e. The van der Waals surface area contributed by atoms with Crippen LogP contribution in [0.2, 0.25) is 0 Å². The fourth-order valence-corrected chi connectivity index (χ4v) is 3.49. The van der Waals surface area contributed by atoms with Gasteiger partial charge in [-0.25, -0.2) is 0 Å². The number of aromatic nitrogens is 1. The molecule has 0 bridgehead atoms. The second kappa shape index (κ2) is 4.11. The normalized spacial score (nSPS) is 20.8. The molecule has 2 heteroatoms. The lowest BCUT2D eigenvalue weighted by Crippen LogP contribution is -2.19. The highest BCUT2D eigenvalue weighted by molar-refractivity contribution is 5.82. The number of rotatable bonds is 4. The summed E-state index contributed by atoms with van der Waals surface area (Å²) in [7, 11) is 0. The molecule has 0 atom stereocenters. The lowest BCUT2D eigenvalue weighted by molar-refractivity contribution is 0.457. The summed E-state index contributed by atoms with van der Waals surface area (Å²) in [4.78, 5) is 3.33. The summed E-state index contributed by atoms with van der Waals surface area (Å²) in [6.45, 7) is 11.6. The van der Waals surface area contributed by atoms with Gasteiger partial charge in [-0.2, -0.15) is 0 Å². The number of para-hydroxylation sites is 1. The van der Waals surface area contributed by atoms with E-state index in [-0.39, 0.29) is 0 Å². The van der Waals surface area contributed by atoms with Crippen LogP contribution in [0.1, 0.15) is 33.3 Å². The van der Waals surface area contributed by atoms with E-state index in [1.54, 1.807) is 0 Å². The lowest BCUT2D eigenvalue weighted by atomic mass is 10.0. The molecular formula is C17H24N2. The SMILES string of the molecule is CC1(C)C(CNCc2cccc3cc[nH]c23)C1(C)C. The van der Waals surface area contributed by atoms with Gasteiger partial charge in [-0.1, -0.05) is 45.9 Å². The molecule has 0 saturated heterocycles. The first-order chi connectivity index (χ1) is 8.94. The summed E-state index contributed by atoms with van der Waals surface area (Å²) >= 11 is 0. The Morgan fingerprint density at radius 3 is 2.53 bits per heavy atom. The van der Waals surface area contributed by atoms with Gasteiger partial charge >= 0.3 is 0 Å². The molecule has 0 spiro atoms. The molecule has 0 amide bonds. The van der Waals surface area contributed by atoms with Gasteiger partial charge in [-0.05, 0) is 40.3 Å². The van der Waals surface area contributed by atoms with Crippen LogP contribution in [0.3, 0.4) is 0 Å². The van der Waals surface area contributed by atoms with E-state index >= 15 is 0 Å². The molecule has 2 N–H and O–H groups in total. The maximum atomic E-state index is 3.64. The molecular weight excluding hydrogens is 232 g/mol. The summed E-state index contributed by atoms with van der Waals surface area (Å²) in [6, 6.07) is 8.63. The average molecular weight is 256 g/mol. The van der Waals surface area contributed by atoms with Crippen molar-refractivity contribution < 1.29 is 0 Å². The number of nitrogens with one attached hydrogen (secondary N) is 2. The van der Waals surface area contributed by atoms with Crippen LogP contribution in [0.25, 0.3) is 10.9 Å². The Hall–Kier alpha value is -1.28. The van der Waals surface area contributed by atoms with Crippen LogP contribution in [0, 0.1) is 16.7 Å². The minimum Gasteiger partial charge on any atom is -0.361 e. The second-order valence-corrected chi connectivity index (χ2v) is 6.99. The van der Waals surface area contributed by atoms with Crippen molar-refractivity contribution in [2.45, 2.75) is 34.2 Å². The van der Waals surface area contributed by atoms with Crippen molar-refractivity contribution in [1.82, 2.24) is 10.3 Å². The Morgan fingerprint density at radius 1 is 1.11 bits per heavy atom. The van der Waals surface area contributed by atoms with Gasteiger partial charge in [0.1, 0.15) is 0 Å². The van der Waals surface area contributed by atoms with E-state index in [1.165, 1.54) is 16.5 Å². The zero-order valence-corrected chi connectivity index (χ0v) is 12.4.